The van der Waals surface area contributed by atoms with E-state index in [0.717, 1.165) is 35.6 Å². The molecule has 144 valence electrons. The first-order chi connectivity index (χ1) is 13.5. The first kappa shape index (κ1) is 18.6. The molecule has 2 heterocycles. The summed E-state index contributed by atoms with van der Waals surface area (Å²) < 4.78 is 31.5. The number of aryl methyl sites for hydroxylation is 2. The number of rotatable bonds is 4. The van der Waals surface area contributed by atoms with Crippen molar-refractivity contribution in [1.82, 2.24) is 9.59 Å². The molecule has 1 N–H and O–H groups in total. The van der Waals surface area contributed by atoms with E-state index in [-0.39, 0.29) is 10.8 Å². The molecule has 2 aromatic carbocycles. The second kappa shape index (κ2) is 7.33. The average Bonchev–Trinajstić information content (AvgIpc) is 3.14. The number of hydrogen-bond donors (Lipinski definition) is 1. The van der Waals surface area contributed by atoms with E-state index in [1.54, 1.807) is 19.1 Å². The number of para-hydroxylation sites is 1. The van der Waals surface area contributed by atoms with E-state index < -0.39 is 10.0 Å². The third-order valence-corrected chi connectivity index (χ3v) is 7.28. The first-order valence-corrected chi connectivity index (χ1v) is 11.0. The van der Waals surface area contributed by atoms with Gasteiger partial charge in [0.25, 0.3) is 15.9 Å². The van der Waals surface area contributed by atoms with Gasteiger partial charge in [-0.05, 0) is 67.2 Å². The molecule has 0 radical (unpaired) electrons. The maximum Gasteiger partial charge on any atom is 0.269 e. The Hall–Kier alpha value is -2.78. The third-order valence-electron chi connectivity index (χ3n) is 4.63. The van der Waals surface area contributed by atoms with E-state index in [4.69, 9.17) is 0 Å². The Morgan fingerprint density at radius 2 is 1.89 bits per heavy atom. The van der Waals surface area contributed by atoms with Gasteiger partial charge in [0, 0.05) is 12.2 Å². The number of carbonyl (C=O) groups excluding carboxylic acids is 1. The predicted molar refractivity (Wildman–Crippen MR) is 108 cm³/mol. The Balaban J connectivity index is 1.57. The molecule has 0 spiro atoms. The van der Waals surface area contributed by atoms with Crippen LogP contribution in [0.25, 0.3) is 0 Å². The van der Waals surface area contributed by atoms with Crippen LogP contribution >= 0.6 is 11.5 Å². The van der Waals surface area contributed by atoms with Crippen molar-refractivity contribution in [3.8, 4) is 0 Å². The summed E-state index contributed by atoms with van der Waals surface area (Å²) in [7, 11) is -3.67. The lowest BCUT2D eigenvalue weighted by Crippen LogP contribution is -2.35. The average molecular weight is 415 g/mol. The zero-order chi connectivity index (χ0) is 19.7. The van der Waals surface area contributed by atoms with Gasteiger partial charge in [-0.25, -0.2) is 8.42 Å². The number of hydrogen-bond acceptors (Lipinski definition) is 6. The molecule has 0 bridgehead atoms. The molecule has 4 rings (SSSR count). The SMILES string of the molecule is Cc1nnsc1C(=O)Nc1ccc(S(=O)(=O)N2CCCc3ccccc32)cc1. The normalized spacial score (nSPS) is 13.8. The largest absolute Gasteiger partial charge is 0.321 e. The number of nitrogens with zero attached hydrogens (tertiary/aromatic N) is 3. The molecule has 3 aromatic rings. The molecule has 7 nitrogen and oxygen atoms in total. The number of nitrogens with one attached hydrogen (secondary N) is 1. The highest BCUT2D eigenvalue weighted by molar-refractivity contribution is 7.92. The second-order valence-corrected chi connectivity index (χ2v) is 9.09. The number of anilines is 2. The maximum absolute atomic E-state index is 13.1. The smallest absolute Gasteiger partial charge is 0.269 e. The highest BCUT2D eigenvalue weighted by Crippen LogP contribution is 2.32. The topological polar surface area (TPSA) is 92.3 Å². The van der Waals surface area contributed by atoms with Gasteiger partial charge in [0.2, 0.25) is 0 Å². The Kier molecular flexibility index (Phi) is 4.86. The van der Waals surface area contributed by atoms with E-state index in [1.165, 1.54) is 16.4 Å². The van der Waals surface area contributed by atoms with Crippen molar-refractivity contribution in [2.24, 2.45) is 0 Å². The van der Waals surface area contributed by atoms with Crippen LogP contribution in [0.1, 0.15) is 27.3 Å². The highest BCUT2D eigenvalue weighted by atomic mass is 32.2. The van der Waals surface area contributed by atoms with Crippen LogP contribution in [0, 0.1) is 6.92 Å². The van der Waals surface area contributed by atoms with Gasteiger partial charge < -0.3 is 5.32 Å². The van der Waals surface area contributed by atoms with Crippen LogP contribution in [0.5, 0.6) is 0 Å². The molecule has 0 unspecified atom stereocenters. The van der Waals surface area contributed by atoms with Gasteiger partial charge in [-0.15, -0.1) is 5.10 Å². The van der Waals surface area contributed by atoms with Crippen LogP contribution in [0.2, 0.25) is 0 Å². The van der Waals surface area contributed by atoms with E-state index in [0.29, 0.717) is 22.8 Å². The van der Waals surface area contributed by atoms with E-state index in [2.05, 4.69) is 14.9 Å². The fraction of sp³-hybridized carbons (Fsp3) is 0.211. The predicted octanol–water partition coefficient (Wildman–Crippen LogP) is 3.24. The number of carbonyl (C=O) groups is 1. The van der Waals surface area contributed by atoms with Crippen molar-refractivity contribution in [2.75, 3.05) is 16.2 Å². The Bertz CT molecular complexity index is 1120. The molecule has 28 heavy (non-hydrogen) atoms. The van der Waals surface area contributed by atoms with Gasteiger partial charge in [0.1, 0.15) is 4.88 Å². The molecule has 1 aliphatic rings. The third kappa shape index (κ3) is 3.38. The van der Waals surface area contributed by atoms with Crippen molar-refractivity contribution >= 4 is 38.8 Å². The lowest BCUT2D eigenvalue weighted by molar-refractivity contribution is 0.103. The van der Waals surface area contributed by atoms with Crippen LogP contribution in [-0.4, -0.2) is 30.5 Å². The molecule has 0 atom stereocenters. The van der Waals surface area contributed by atoms with Crippen molar-refractivity contribution in [3.63, 3.8) is 0 Å². The summed E-state index contributed by atoms with van der Waals surface area (Å²) in [5, 5.41) is 6.56. The van der Waals surface area contributed by atoms with Crippen molar-refractivity contribution in [2.45, 2.75) is 24.7 Å². The zero-order valence-corrected chi connectivity index (χ0v) is 16.8. The zero-order valence-electron chi connectivity index (χ0n) is 15.1. The summed E-state index contributed by atoms with van der Waals surface area (Å²) in [6.45, 7) is 2.17. The van der Waals surface area contributed by atoms with Crippen molar-refractivity contribution in [1.29, 1.82) is 0 Å². The van der Waals surface area contributed by atoms with Crippen LogP contribution in [-0.2, 0) is 16.4 Å². The van der Waals surface area contributed by atoms with Crippen LogP contribution < -0.4 is 9.62 Å². The van der Waals surface area contributed by atoms with Gasteiger partial charge in [-0.1, -0.05) is 22.7 Å². The number of sulfonamides is 1. The van der Waals surface area contributed by atoms with Crippen LogP contribution in [0.15, 0.2) is 53.4 Å². The van der Waals surface area contributed by atoms with Gasteiger partial charge in [0.15, 0.2) is 0 Å². The maximum atomic E-state index is 13.1. The van der Waals surface area contributed by atoms with Gasteiger partial charge in [-0.3, -0.25) is 9.10 Å². The number of benzene rings is 2. The van der Waals surface area contributed by atoms with Crippen LogP contribution in [0.3, 0.4) is 0 Å². The Labute approximate surface area is 167 Å². The van der Waals surface area contributed by atoms with Gasteiger partial charge >= 0.3 is 0 Å². The van der Waals surface area contributed by atoms with Crippen LogP contribution in [0.4, 0.5) is 11.4 Å². The summed E-state index contributed by atoms with van der Waals surface area (Å²) >= 11 is 1.02. The summed E-state index contributed by atoms with van der Waals surface area (Å²) in [5.74, 6) is -0.312. The highest BCUT2D eigenvalue weighted by Gasteiger charge is 2.28. The molecule has 1 amide bonds. The summed E-state index contributed by atoms with van der Waals surface area (Å²) in [6.07, 6.45) is 1.66. The number of fused-ring (bicyclic) bond motifs is 1. The Morgan fingerprint density at radius 1 is 1.14 bits per heavy atom. The molecule has 9 heteroatoms. The fourth-order valence-corrected chi connectivity index (χ4v) is 5.31. The molecule has 0 aliphatic carbocycles. The van der Waals surface area contributed by atoms with Crippen molar-refractivity contribution in [3.05, 3.63) is 64.7 Å². The lowest BCUT2D eigenvalue weighted by Gasteiger charge is -2.30. The minimum Gasteiger partial charge on any atom is -0.321 e. The quantitative estimate of drug-likeness (QED) is 0.708. The first-order valence-electron chi connectivity index (χ1n) is 8.78. The molecular weight excluding hydrogens is 396 g/mol. The molecular formula is C19H18N4O3S2. The lowest BCUT2D eigenvalue weighted by atomic mass is 10.0. The van der Waals surface area contributed by atoms with Gasteiger partial charge in [-0.2, -0.15) is 0 Å². The van der Waals surface area contributed by atoms with E-state index in [1.807, 2.05) is 24.3 Å². The minimum absolute atomic E-state index is 0.192. The standard InChI is InChI=1S/C19H18N4O3S2/c1-13-18(27-22-21-13)19(24)20-15-8-10-16(11-9-15)28(25,26)23-12-4-6-14-5-2-3-7-17(14)23/h2-3,5,7-11H,4,6,12H2,1H3,(H,20,24). The molecule has 0 saturated heterocycles. The summed E-state index contributed by atoms with van der Waals surface area (Å²) in [5.41, 5.74) is 2.84. The minimum atomic E-state index is -3.67. The number of amides is 1. The molecule has 1 aliphatic heterocycles. The second-order valence-electron chi connectivity index (χ2n) is 6.48. The van der Waals surface area contributed by atoms with Crippen molar-refractivity contribution < 1.29 is 13.2 Å². The summed E-state index contributed by atoms with van der Waals surface area (Å²) in [6, 6.07) is 13.8. The van der Waals surface area contributed by atoms with E-state index in [9.17, 15) is 13.2 Å². The monoisotopic (exact) mass is 414 g/mol. The molecule has 1 aromatic heterocycles. The van der Waals surface area contributed by atoms with Gasteiger partial charge in [0.05, 0.1) is 16.3 Å². The summed E-state index contributed by atoms with van der Waals surface area (Å²) in [4.78, 5) is 12.9. The molecule has 0 saturated carbocycles. The Morgan fingerprint density at radius 3 is 2.61 bits per heavy atom. The molecule has 0 fully saturated rings. The number of aromatic nitrogens is 2. The van der Waals surface area contributed by atoms with E-state index >= 15 is 0 Å². The fourth-order valence-electron chi connectivity index (χ4n) is 3.21.